The maximum absolute atomic E-state index is 12.3. The van der Waals surface area contributed by atoms with Gasteiger partial charge in [0.1, 0.15) is 11.3 Å². The minimum absolute atomic E-state index is 0.124. The van der Waals surface area contributed by atoms with Crippen molar-refractivity contribution in [3.63, 3.8) is 0 Å². The number of amides is 1. The first-order valence-electron chi connectivity index (χ1n) is 7.63. The van der Waals surface area contributed by atoms with Crippen molar-refractivity contribution in [3.8, 4) is 0 Å². The number of aromatic nitrogens is 2. The number of pyridine rings is 1. The van der Waals surface area contributed by atoms with Crippen LogP contribution < -0.4 is 5.32 Å². The topological polar surface area (TPSA) is 55.6 Å². The number of hydrogen-bond acceptors (Lipinski definition) is 3. The molecular weight excluding hydrogens is 302 g/mol. The number of nitrogens with zero attached hydrogens (tertiary/aromatic N) is 2. The van der Waals surface area contributed by atoms with E-state index < -0.39 is 0 Å². The van der Waals surface area contributed by atoms with Gasteiger partial charge in [-0.05, 0) is 25.8 Å². The van der Waals surface area contributed by atoms with Crippen LogP contribution in [0.3, 0.4) is 0 Å². The molecule has 6 heteroatoms. The first-order chi connectivity index (χ1) is 10.6. The maximum Gasteiger partial charge on any atom is 0.270 e. The van der Waals surface area contributed by atoms with Crippen LogP contribution >= 0.6 is 11.6 Å². The van der Waals surface area contributed by atoms with E-state index in [1.165, 1.54) is 0 Å². The summed E-state index contributed by atoms with van der Waals surface area (Å²) in [6.07, 6.45) is 4.78. The van der Waals surface area contributed by atoms with E-state index in [-0.39, 0.29) is 5.91 Å². The van der Waals surface area contributed by atoms with Gasteiger partial charge in [-0.25, -0.2) is 4.98 Å². The Bertz CT molecular complexity index is 640. The lowest BCUT2D eigenvalue weighted by atomic mass is 10.3. The molecule has 0 unspecified atom stereocenters. The molecule has 1 N–H and O–H groups in total. The average Bonchev–Trinajstić information content (AvgIpc) is 2.81. The Morgan fingerprint density at radius 2 is 2.18 bits per heavy atom. The van der Waals surface area contributed by atoms with Gasteiger partial charge < -0.3 is 10.1 Å². The summed E-state index contributed by atoms with van der Waals surface area (Å²) in [6.45, 7) is 6.00. The van der Waals surface area contributed by atoms with Crippen molar-refractivity contribution in [1.82, 2.24) is 14.7 Å². The summed E-state index contributed by atoms with van der Waals surface area (Å²) in [5.41, 5.74) is 1.93. The molecule has 0 aliphatic rings. The van der Waals surface area contributed by atoms with Crippen LogP contribution in [0.4, 0.5) is 0 Å². The van der Waals surface area contributed by atoms with Gasteiger partial charge in [0.2, 0.25) is 0 Å². The molecule has 0 aromatic carbocycles. The normalized spacial score (nSPS) is 11.0. The zero-order chi connectivity index (χ0) is 15.9. The predicted molar refractivity (Wildman–Crippen MR) is 87.6 cm³/mol. The number of halogens is 1. The molecule has 22 heavy (non-hydrogen) atoms. The van der Waals surface area contributed by atoms with Gasteiger partial charge in [-0.2, -0.15) is 0 Å². The van der Waals surface area contributed by atoms with E-state index in [4.69, 9.17) is 16.3 Å². The number of ether oxygens (including phenoxy) is 1. The van der Waals surface area contributed by atoms with Gasteiger partial charge in [-0.15, -0.1) is 0 Å². The Kier molecular flexibility index (Phi) is 6.21. The number of rotatable bonds is 8. The number of carbonyl (C=O) groups excluding carboxylic acids is 1. The van der Waals surface area contributed by atoms with Crippen LogP contribution in [0.15, 0.2) is 18.3 Å². The number of hydrogen-bond donors (Lipinski definition) is 1. The number of nitrogens with one attached hydrogen (secondary N) is 1. The van der Waals surface area contributed by atoms with Crippen molar-refractivity contribution in [2.45, 2.75) is 33.1 Å². The highest BCUT2D eigenvalue weighted by Crippen LogP contribution is 2.16. The molecule has 2 aromatic heterocycles. The van der Waals surface area contributed by atoms with Crippen LogP contribution in [0.25, 0.3) is 5.65 Å². The third-order valence-corrected chi connectivity index (χ3v) is 3.61. The second-order valence-electron chi connectivity index (χ2n) is 5.19. The van der Waals surface area contributed by atoms with Crippen molar-refractivity contribution in [3.05, 3.63) is 34.7 Å². The van der Waals surface area contributed by atoms with Crippen LogP contribution in [-0.4, -0.2) is 35.1 Å². The second kappa shape index (κ2) is 8.15. The maximum atomic E-state index is 12.3. The third-order valence-electron chi connectivity index (χ3n) is 3.37. The highest BCUT2D eigenvalue weighted by molar-refractivity contribution is 6.30. The Hall–Kier alpha value is -1.59. The molecule has 2 aromatic rings. The van der Waals surface area contributed by atoms with Gasteiger partial charge >= 0.3 is 0 Å². The lowest BCUT2D eigenvalue weighted by molar-refractivity contribution is 0.0934. The molecule has 0 fully saturated rings. The molecule has 2 heterocycles. The quantitative estimate of drug-likeness (QED) is 0.759. The molecule has 1 amide bonds. The fraction of sp³-hybridized carbons (Fsp3) is 0.500. The van der Waals surface area contributed by atoms with E-state index >= 15 is 0 Å². The molecule has 2 rings (SSSR count). The van der Waals surface area contributed by atoms with Crippen LogP contribution in [0.1, 0.15) is 42.4 Å². The van der Waals surface area contributed by atoms with E-state index in [0.717, 1.165) is 25.9 Å². The number of carbonyl (C=O) groups is 1. The van der Waals surface area contributed by atoms with E-state index in [9.17, 15) is 4.79 Å². The molecule has 0 spiro atoms. The molecule has 0 saturated heterocycles. The molecular formula is C16H22ClN3O2. The number of unbranched alkanes of at least 4 members (excludes halogenated alkanes) is 1. The summed E-state index contributed by atoms with van der Waals surface area (Å²) in [4.78, 5) is 16.7. The molecule has 0 radical (unpaired) electrons. The molecule has 120 valence electrons. The standard InChI is InChI=1S/C16H22ClN3O2/c1-3-4-9-22-10-5-7-18-16(21)15-12(2)19-14-11-13(17)6-8-20(14)15/h6,8,11H,3-5,7,9-10H2,1-2H3,(H,18,21). The fourth-order valence-electron chi connectivity index (χ4n) is 2.22. The van der Waals surface area contributed by atoms with Gasteiger partial charge in [0.05, 0.1) is 5.69 Å². The summed E-state index contributed by atoms with van der Waals surface area (Å²) in [5, 5.41) is 3.52. The molecule has 0 atom stereocenters. The van der Waals surface area contributed by atoms with Gasteiger partial charge in [0, 0.05) is 37.0 Å². The third kappa shape index (κ3) is 4.21. The van der Waals surface area contributed by atoms with Gasteiger partial charge in [-0.3, -0.25) is 9.20 Å². The monoisotopic (exact) mass is 323 g/mol. The Morgan fingerprint density at radius 3 is 2.95 bits per heavy atom. The molecule has 0 aliphatic heterocycles. The molecule has 0 saturated carbocycles. The van der Waals surface area contributed by atoms with Crippen molar-refractivity contribution >= 4 is 23.2 Å². The smallest absolute Gasteiger partial charge is 0.270 e. The minimum Gasteiger partial charge on any atom is -0.381 e. The van der Waals surface area contributed by atoms with Crippen LogP contribution in [0.2, 0.25) is 5.02 Å². The highest BCUT2D eigenvalue weighted by atomic mass is 35.5. The molecule has 5 nitrogen and oxygen atoms in total. The summed E-state index contributed by atoms with van der Waals surface area (Å²) >= 11 is 5.95. The van der Waals surface area contributed by atoms with Crippen molar-refractivity contribution < 1.29 is 9.53 Å². The summed E-state index contributed by atoms with van der Waals surface area (Å²) < 4.78 is 7.23. The Morgan fingerprint density at radius 1 is 1.41 bits per heavy atom. The van der Waals surface area contributed by atoms with Crippen molar-refractivity contribution in [2.75, 3.05) is 19.8 Å². The van der Waals surface area contributed by atoms with Crippen LogP contribution in [0.5, 0.6) is 0 Å². The fourth-order valence-corrected chi connectivity index (χ4v) is 2.37. The summed E-state index contributed by atoms with van der Waals surface area (Å²) in [6, 6.07) is 3.49. The SMILES string of the molecule is CCCCOCCCNC(=O)c1c(C)nc2cc(Cl)ccn12. The molecule has 0 aliphatic carbocycles. The lowest BCUT2D eigenvalue weighted by Crippen LogP contribution is -2.27. The summed E-state index contributed by atoms with van der Waals surface area (Å²) in [5.74, 6) is -0.124. The Balaban J connectivity index is 1.89. The number of fused-ring (bicyclic) bond motifs is 1. The van der Waals surface area contributed by atoms with Crippen LogP contribution in [-0.2, 0) is 4.74 Å². The highest BCUT2D eigenvalue weighted by Gasteiger charge is 2.16. The average molecular weight is 324 g/mol. The number of aryl methyl sites for hydroxylation is 1. The van der Waals surface area contributed by atoms with Gasteiger partial charge in [-0.1, -0.05) is 24.9 Å². The van der Waals surface area contributed by atoms with Gasteiger partial charge in [0.15, 0.2) is 0 Å². The predicted octanol–water partition coefficient (Wildman–Crippen LogP) is 3.23. The van der Waals surface area contributed by atoms with E-state index in [2.05, 4.69) is 17.2 Å². The first kappa shape index (κ1) is 16.8. The van der Waals surface area contributed by atoms with Gasteiger partial charge in [0.25, 0.3) is 5.91 Å². The first-order valence-corrected chi connectivity index (χ1v) is 8.01. The van der Waals surface area contributed by atoms with E-state index in [1.54, 1.807) is 22.7 Å². The van der Waals surface area contributed by atoms with Crippen LogP contribution in [0, 0.1) is 6.92 Å². The lowest BCUT2D eigenvalue weighted by Gasteiger charge is -2.07. The number of imidazole rings is 1. The molecule has 0 bridgehead atoms. The second-order valence-corrected chi connectivity index (χ2v) is 5.63. The minimum atomic E-state index is -0.124. The zero-order valence-corrected chi connectivity index (χ0v) is 13.8. The summed E-state index contributed by atoms with van der Waals surface area (Å²) in [7, 11) is 0. The van der Waals surface area contributed by atoms with E-state index in [0.29, 0.717) is 35.2 Å². The Labute approximate surface area is 135 Å². The largest absolute Gasteiger partial charge is 0.381 e. The van der Waals surface area contributed by atoms with E-state index in [1.807, 2.05) is 6.92 Å². The van der Waals surface area contributed by atoms with Crippen molar-refractivity contribution in [1.29, 1.82) is 0 Å². The zero-order valence-electron chi connectivity index (χ0n) is 13.1. The van der Waals surface area contributed by atoms with Crippen molar-refractivity contribution in [2.24, 2.45) is 0 Å².